The minimum atomic E-state index is -2.27. The normalized spacial score (nSPS) is 36.7. The van der Waals surface area contributed by atoms with E-state index in [1.165, 1.54) is 0 Å². The Morgan fingerprint density at radius 1 is 1.00 bits per heavy atom. The largest absolute Gasteiger partial charge is 0.417 e. The average Bonchev–Trinajstić information content (AvgIpc) is 2.77. The Labute approximate surface area is 230 Å². The monoisotopic (exact) mass is 550 g/mol. The highest BCUT2D eigenvalue weighted by molar-refractivity contribution is 6.74. The number of fused-ring (bicyclic) bond motifs is 1. The zero-order chi connectivity index (χ0) is 28.5. The summed E-state index contributed by atoms with van der Waals surface area (Å²) < 4.78 is 20.9. The highest BCUT2D eigenvalue weighted by Gasteiger charge is 2.67. The molecule has 6 heteroatoms. The summed E-state index contributed by atoms with van der Waals surface area (Å²) in [6.45, 7) is 34.9. The van der Waals surface area contributed by atoms with Crippen LogP contribution >= 0.6 is 0 Å². The maximum atomic E-state index is 15.0. The zero-order valence-electron chi connectivity index (χ0n) is 26.5. The lowest BCUT2D eigenvalue weighted by molar-refractivity contribution is -0.225. The molecule has 214 valence electrons. The van der Waals surface area contributed by atoms with Crippen molar-refractivity contribution in [1.29, 1.82) is 0 Å². The van der Waals surface area contributed by atoms with Crippen molar-refractivity contribution in [3.8, 4) is 0 Å². The summed E-state index contributed by atoms with van der Waals surface area (Å²) >= 11 is 0. The predicted molar refractivity (Wildman–Crippen MR) is 160 cm³/mol. The van der Waals surface area contributed by atoms with Crippen LogP contribution in [-0.4, -0.2) is 46.8 Å². The minimum Gasteiger partial charge on any atom is -0.417 e. The summed E-state index contributed by atoms with van der Waals surface area (Å²) in [5.74, 6) is 0.735. The predicted octanol–water partition coefficient (Wildman–Crippen LogP) is 8.39. The fourth-order valence-electron chi connectivity index (χ4n) is 6.88. The Morgan fingerprint density at radius 3 is 2.08 bits per heavy atom. The molecular formula is C31H58O4Si2. The van der Waals surface area contributed by atoms with E-state index in [0.717, 1.165) is 19.3 Å². The molecule has 6 atom stereocenters. The van der Waals surface area contributed by atoms with Crippen LogP contribution in [0.3, 0.4) is 0 Å². The molecule has 2 saturated carbocycles. The van der Waals surface area contributed by atoms with Crippen molar-refractivity contribution in [3.05, 3.63) is 12.7 Å². The fraction of sp³-hybridized carbons (Fsp3) is 0.903. The van der Waals surface area contributed by atoms with Crippen LogP contribution in [-0.2, 0) is 18.4 Å². The lowest BCUT2D eigenvalue weighted by Gasteiger charge is -2.59. The first-order chi connectivity index (χ1) is 16.5. The Bertz CT molecular complexity index is 881. The molecule has 0 aromatic carbocycles. The van der Waals surface area contributed by atoms with E-state index in [1.807, 2.05) is 6.08 Å². The second-order valence-corrected chi connectivity index (χ2v) is 26.0. The first kappa shape index (κ1) is 31.3. The van der Waals surface area contributed by atoms with Crippen molar-refractivity contribution in [2.75, 3.05) is 13.2 Å². The van der Waals surface area contributed by atoms with Crippen LogP contribution < -0.4 is 0 Å². The number of hydrogen-bond donors (Lipinski definition) is 0. The van der Waals surface area contributed by atoms with Crippen LogP contribution in [0.2, 0.25) is 36.3 Å². The molecular weight excluding hydrogens is 493 g/mol. The molecule has 0 aromatic heterocycles. The molecule has 3 fully saturated rings. The number of ether oxygens (including phenoxy) is 1. The van der Waals surface area contributed by atoms with Crippen molar-refractivity contribution < 1.29 is 18.4 Å². The third-order valence-electron chi connectivity index (χ3n) is 11.6. The van der Waals surface area contributed by atoms with E-state index in [-0.39, 0.29) is 44.6 Å². The molecule has 3 unspecified atom stereocenters. The molecule has 1 saturated heterocycles. The van der Waals surface area contributed by atoms with E-state index in [4.69, 9.17) is 13.6 Å². The van der Waals surface area contributed by atoms with E-state index >= 15 is 4.79 Å². The number of carbonyl (C=O) groups is 1. The SMILES string of the molecule is C=CCC1C(=O)[C@]2(O[Si](C)(C)C(C)(C)C)COC(C)(C)C3CC[C@@](C)(CC32)[C@H]1CO[Si](C)(C)C(C)(C)C. The lowest BCUT2D eigenvalue weighted by atomic mass is 9.55. The lowest BCUT2D eigenvalue weighted by Crippen LogP contribution is -2.68. The van der Waals surface area contributed by atoms with Crippen LogP contribution in [0.25, 0.3) is 0 Å². The van der Waals surface area contributed by atoms with Gasteiger partial charge in [-0.25, -0.2) is 0 Å². The summed E-state index contributed by atoms with van der Waals surface area (Å²) in [5.41, 5.74) is -1.11. The number of Topliss-reactive ketones (excluding diaryl/α,β-unsaturated/α-hetero) is 1. The molecule has 3 rings (SSSR count). The number of ketones is 1. The van der Waals surface area contributed by atoms with Crippen molar-refractivity contribution in [3.63, 3.8) is 0 Å². The molecule has 1 heterocycles. The molecule has 0 aromatic rings. The van der Waals surface area contributed by atoms with E-state index in [0.29, 0.717) is 25.6 Å². The first-order valence-electron chi connectivity index (χ1n) is 14.7. The Kier molecular flexibility index (Phi) is 8.17. The van der Waals surface area contributed by atoms with Crippen LogP contribution in [0.5, 0.6) is 0 Å². The molecule has 37 heavy (non-hydrogen) atoms. The third-order valence-corrected chi connectivity index (χ3v) is 20.6. The minimum absolute atomic E-state index is 0.00748. The van der Waals surface area contributed by atoms with Gasteiger partial charge in [-0.1, -0.05) is 54.5 Å². The Morgan fingerprint density at radius 2 is 1.57 bits per heavy atom. The Balaban J connectivity index is 2.16. The van der Waals surface area contributed by atoms with Gasteiger partial charge >= 0.3 is 0 Å². The number of hydrogen-bond acceptors (Lipinski definition) is 4. The second-order valence-electron chi connectivity index (χ2n) is 16.4. The smallest absolute Gasteiger partial charge is 0.193 e. The molecule has 1 aliphatic heterocycles. The van der Waals surface area contributed by atoms with Gasteiger partial charge in [0.25, 0.3) is 0 Å². The van der Waals surface area contributed by atoms with E-state index in [9.17, 15) is 0 Å². The fourth-order valence-corrected chi connectivity index (χ4v) is 9.44. The van der Waals surface area contributed by atoms with Gasteiger partial charge in [0.05, 0.1) is 12.2 Å². The van der Waals surface area contributed by atoms with Crippen molar-refractivity contribution >= 4 is 22.4 Å². The zero-order valence-corrected chi connectivity index (χ0v) is 28.5. The molecule has 0 radical (unpaired) electrons. The highest BCUT2D eigenvalue weighted by Crippen LogP contribution is 2.62. The number of rotatable bonds is 7. The van der Waals surface area contributed by atoms with E-state index in [2.05, 4.69) is 95.1 Å². The summed E-state index contributed by atoms with van der Waals surface area (Å²) in [7, 11) is -4.24. The van der Waals surface area contributed by atoms with Gasteiger partial charge in [-0.15, -0.1) is 6.58 Å². The summed E-state index contributed by atoms with van der Waals surface area (Å²) in [6, 6.07) is 0. The maximum absolute atomic E-state index is 15.0. The molecule has 0 spiro atoms. The van der Waals surface area contributed by atoms with Gasteiger partial charge in [-0.2, -0.15) is 0 Å². The van der Waals surface area contributed by atoms with Gasteiger partial charge in [-0.05, 0) is 93.0 Å². The van der Waals surface area contributed by atoms with E-state index < -0.39 is 22.2 Å². The molecule has 0 N–H and O–H groups in total. The van der Waals surface area contributed by atoms with Crippen molar-refractivity contribution in [1.82, 2.24) is 0 Å². The Hall–Kier alpha value is -0.276. The van der Waals surface area contributed by atoms with Crippen LogP contribution in [0.1, 0.15) is 88.0 Å². The highest BCUT2D eigenvalue weighted by atomic mass is 28.4. The van der Waals surface area contributed by atoms with Crippen LogP contribution in [0.4, 0.5) is 0 Å². The van der Waals surface area contributed by atoms with Gasteiger partial charge in [0, 0.05) is 18.4 Å². The molecule has 2 aliphatic carbocycles. The second kappa shape index (κ2) is 9.67. The van der Waals surface area contributed by atoms with Gasteiger partial charge < -0.3 is 13.6 Å². The summed E-state index contributed by atoms with van der Waals surface area (Å²) in [5, 5.41) is 0.139. The number of carbonyl (C=O) groups excluding carboxylic acids is 1. The van der Waals surface area contributed by atoms with Crippen LogP contribution in [0.15, 0.2) is 12.7 Å². The van der Waals surface area contributed by atoms with Gasteiger partial charge in [0.1, 0.15) is 5.60 Å². The average molecular weight is 551 g/mol. The topological polar surface area (TPSA) is 44.8 Å². The van der Waals surface area contributed by atoms with Gasteiger partial charge in [0.15, 0.2) is 22.4 Å². The first-order valence-corrected chi connectivity index (χ1v) is 20.5. The quantitative estimate of drug-likeness (QED) is 0.236. The molecule has 0 amide bonds. The maximum Gasteiger partial charge on any atom is 0.193 e. The van der Waals surface area contributed by atoms with E-state index in [1.54, 1.807) is 0 Å². The summed E-state index contributed by atoms with van der Waals surface area (Å²) in [4.78, 5) is 15.0. The molecule has 4 nitrogen and oxygen atoms in total. The molecule has 3 aliphatic rings. The van der Waals surface area contributed by atoms with Crippen molar-refractivity contribution in [2.24, 2.45) is 29.1 Å². The molecule has 2 bridgehead atoms. The third kappa shape index (κ3) is 5.40. The van der Waals surface area contributed by atoms with Gasteiger partial charge in [-0.3, -0.25) is 4.79 Å². The van der Waals surface area contributed by atoms with Gasteiger partial charge in [0.2, 0.25) is 0 Å². The van der Waals surface area contributed by atoms with Crippen LogP contribution in [0, 0.1) is 29.1 Å². The summed E-state index contributed by atoms with van der Waals surface area (Å²) in [6.07, 6.45) is 5.80. The standard InChI is InChI=1S/C31H58O4Si2/c1-15-16-22-25(20-34-36(11,12)27(2,3)4)30(10)18-17-23-24(19-30)31(26(22)32,21-33-29(23,8)9)35-37(13,14)28(5,6)7/h15,22-25H,1,16-21H2,2-14H3/t22?,23?,24?,25-,30-,31-/m0/s1. The number of allylic oxidation sites excluding steroid dienone is 1. The van der Waals surface area contributed by atoms with Crippen molar-refractivity contribution in [2.45, 2.75) is 135 Å².